The van der Waals surface area contributed by atoms with Crippen LogP contribution >= 0.6 is 0 Å². The smallest absolute Gasteiger partial charge is 0.124 e. The second-order valence-corrected chi connectivity index (χ2v) is 4.19. The Morgan fingerprint density at radius 1 is 1.32 bits per heavy atom. The summed E-state index contributed by atoms with van der Waals surface area (Å²) in [6.07, 6.45) is 0. The molecule has 2 aromatic rings. The quantitative estimate of drug-likeness (QED) is 0.653. The molecule has 0 spiro atoms. The van der Waals surface area contributed by atoms with Crippen molar-refractivity contribution in [3.05, 3.63) is 59.2 Å². The van der Waals surface area contributed by atoms with Gasteiger partial charge < -0.3 is 4.74 Å². The van der Waals surface area contributed by atoms with Crippen LogP contribution < -0.4 is 16.0 Å². The summed E-state index contributed by atoms with van der Waals surface area (Å²) in [4.78, 5) is 4.41. The Hall–Kier alpha value is -1.98. The lowest BCUT2D eigenvalue weighted by molar-refractivity contribution is 0.402. The van der Waals surface area contributed by atoms with E-state index in [0.29, 0.717) is 17.0 Å². The number of methoxy groups -OCH3 is 1. The second-order valence-electron chi connectivity index (χ2n) is 4.19. The van der Waals surface area contributed by atoms with Gasteiger partial charge in [-0.05, 0) is 37.3 Å². The Kier molecular flexibility index (Phi) is 4.09. The fourth-order valence-corrected chi connectivity index (χ4v) is 1.99. The predicted molar refractivity (Wildman–Crippen MR) is 71.1 cm³/mol. The van der Waals surface area contributed by atoms with Crippen LogP contribution in [0.15, 0.2) is 36.4 Å². The summed E-state index contributed by atoms with van der Waals surface area (Å²) in [5.74, 6) is 5.81. The summed E-state index contributed by atoms with van der Waals surface area (Å²) < 4.78 is 18.7. The molecular formula is C14H16FN3O. The molecule has 2 rings (SSSR count). The number of benzene rings is 1. The summed E-state index contributed by atoms with van der Waals surface area (Å²) in [6, 6.07) is 9.50. The van der Waals surface area contributed by atoms with Gasteiger partial charge in [0.1, 0.15) is 11.6 Å². The zero-order chi connectivity index (χ0) is 13.8. The normalized spacial score (nSPS) is 12.2. The van der Waals surface area contributed by atoms with Crippen LogP contribution in [0.4, 0.5) is 4.39 Å². The average molecular weight is 261 g/mol. The number of rotatable bonds is 4. The first-order valence-electron chi connectivity index (χ1n) is 5.89. The molecule has 0 aliphatic carbocycles. The van der Waals surface area contributed by atoms with E-state index in [1.165, 1.54) is 19.2 Å². The van der Waals surface area contributed by atoms with Gasteiger partial charge in [0.05, 0.1) is 18.8 Å². The SMILES string of the molecule is COc1ccc(F)cc1C(NN)c1cccc(C)n1. The van der Waals surface area contributed by atoms with Crippen LogP contribution in [0.25, 0.3) is 0 Å². The zero-order valence-corrected chi connectivity index (χ0v) is 10.9. The third-order valence-corrected chi connectivity index (χ3v) is 2.88. The van der Waals surface area contributed by atoms with Crippen molar-refractivity contribution >= 4 is 0 Å². The molecule has 0 saturated carbocycles. The monoisotopic (exact) mass is 261 g/mol. The topological polar surface area (TPSA) is 60.2 Å². The number of halogens is 1. The van der Waals surface area contributed by atoms with Crippen molar-refractivity contribution in [1.82, 2.24) is 10.4 Å². The summed E-state index contributed by atoms with van der Waals surface area (Å²) in [7, 11) is 1.54. The van der Waals surface area contributed by atoms with Gasteiger partial charge in [0, 0.05) is 11.3 Å². The lowest BCUT2D eigenvalue weighted by atomic mass is 10.0. The molecule has 3 N–H and O–H groups in total. The van der Waals surface area contributed by atoms with Crippen molar-refractivity contribution in [3.8, 4) is 5.75 Å². The van der Waals surface area contributed by atoms with Gasteiger partial charge in [-0.2, -0.15) is 0 Å². The maximum atomic E-state index is 13.4. The van der Waals surface area contributed by atoms with Crippen molar-refractivity contribution in [2.45, 2.75) is 13.0 Å². The third kappa shape index (κ3) is 2.89. The van der Waals surface area contributed by atoms with E-state index in [1.807, 2.05) is 25.1 Å². The van der Waals surface area contributed by atoms with E-state index in [9.17, 15) is 4.39 Å². The van der Waals surface area contributed by atoms with Crippen molar-refractivity contribution in [2.75, 3.05) is 7.11 Å². The molecule has 100 valence electrons. The number of aromatic nitrogens is 1. The molecule has 5 heteroatoms. The van der Waals surface area contributed by atoms with E-state index in [4.69, 9.17) is 10.6 Å². The highest BCUT2D eigenvalue weighted by atomic mass is 19.1. The van der Waals surface area contributed by atoms with E-state index >= 15 is 0 Å². The molecule has 0 amide bonds. The highest BCUT2D eigenvalue weighted by molar-refractivity contribution is 5.40. The molecule has 0 aliphatic heterocycles. The number of nitrogens with two attached hydrogens (primary N) is 1. The zero-order valence-electron chi connectivity index (χ0n) is 10.9. The number of hydrogen-bond donors (Lipinski definition) is 2. The van der Waals surface area contributed by atoms with Gasteiger partial charge in [0.2, 0.25) is 0 Å². The van der Waals surface area contributed by atoms with Gasteiger partial charge in [0.25, 0.3) is 0 Å². The van der Waals surface area contributed by atoms with Gasteiger partial charge in [0.15, 0.2) is 0 Å². The van der Waals surface area contributed by atoms with Crippen LogP contribution in [0.2, 0.25) is 0 Å². The highest BCUT2D eigenvalue weighted by Gasteiger charge is 2.19. The summed E-state index contributed by atoms with van der Waals surface area (Å²) >= 11 is 0. The van der Waals surface area contributed by atoms with E-state index in [-0.39, 0.29) is 5.82 Å². The van der Waals surface area contributed by atoms with E-state index in [0.717, 1.165) is 5.69 Å². The molecule has 0 aliphatic rings. The first-order chi connectivity index (χ1) is 9.15. The number of nitrogens with one attached hydrogen (secondary N) is 1. The van der Waals surface area contributed by atoms with Crippen molar-refractivity contribution in [1.29, 1.82) is 0 Å². The Balaban J connectivity index is 2.50. The molecule has 0 bridgehead atoms. The lowest BCUT2D eigenvalue weighted by Gasteiger charge is -2.19. The molecule has 1 unspecified atom stereocenters. The molecule has 19 heavy (non-hydrogen) atoms. The van der Waals surface area contributed by atoms with Crippen LogP contribution in [0.1, 0.15) is 23.0 Å². The van der Waals surface area contributed by atoms with Crippen molar-refractivity contribution in [3.63, 3.8) is 0 Å². The first-order valence-corrected chi connectivity index (χ1v) is 5.89. The van der Waals surface area contributed by atoms with Gasteiger partial charge in [-0.25, -0.2) is 9.82 Å². The number of hydrogen-bond acceptors (Lipinski definition) is 4. The molecule has 0 fully saturated rings. The number of ether oxygens (including phenoxy) is 1. The molecule has 1 heterocycles. The van der Waals surface area contributed by atoms with E-state index in [1.54, 1.807) is 6.07 Å². The number of pyridine rings is 1. The van der Waals surface area contributed by atoms with Gasteiger partial charge in [-0.1, -0.05) is 6.07 Å². The maximum Gasteiger partial charge on any atom is 0.124 e. The molecule has 1 aromatic heterocycles. The standard InChI is InChI=1S/C14H16FN3O/c1-9-4-3-5-12(17-9)14(18-16)11-8-10(15)6-7-13(11)19-2/h3-8,14,18H,16H2,1-2H3. The highest BCUT2D eigenvalue weighted by Crippen LogP contribution is 2.29. The number of hydrazine groups is 1. The van der Waals surface area contributed by atoms with Crippen molar-refractivity contribution < 1.29 is 9.13 Å². The molecular weight excluding hydrogens is 245 g/mol. The van der Waals surface area contributed by atoms with Crippen LogP contribution in [0, 0.1) is 12.7 Å². The maximum absolute atomic E-state index is 13.4. The molecule has 1 aromatic carbocycles. The Labute approximate surface area is 111 Å². The summed E-state index contributed by atoms with van der Waals surface area (Å²) in [6.45, 7) is 1.89. The molecule has 0 saturated heterocycles. The Morgan fingerprint density at radius 2 is 2.11 bits per heavy atom. The Bertz CT molecular complexity index is 574. The minimum Gasteiger partial charge on any atom is -0.496 e. The van der Waals surface area contributed by atoms with Crippen LogP contribution in [-0.4, -0.2) is 12.1 Å². The molecule has 0 radical (unpaired) electrons. The lowest BCUT2D eigenvalue weighted by Crippen LogP contribution is -2.30. The van der Waals surface area contributed by atoms with Crippen LogP contribution in [0.5, 0.6) is 5.75 Å². The molecule has 4 nitrogen and oxygen atoms in total. The predicted octanol–water partition coefficient (Wildman–Crippen LogP) is 2.09. The third-order valence-electron chi connectivity index (χ3n) is 2.88. The van der Waals surface area contributed by atoms with E-state index < -0.39 is 6.04 Å². The van der Waals surface area contributed by atoms with Gasteiger partial charge >= 0.3 is 0 Å². The summed E-state index contributed by atoms with van der Waals surface area (Å²) in [5, 5.41) is 0. The fraction of sp³-hybridized carbons (Fsp3) is 0.214. The fourth-order valence-electron chi connectivity index (χ4n) is 1.99. The molecule has 1 atom stereocenters. The number of aryl methyl sites for hydroxylation is 1. The largest absolute Gasteiger partial charge is 0.496 e. The van der Waals surface area contributed by atoms with Crippen molar-refractivity contribution in [2.24, 2.45) is 5.84 Å². The summed E-state index contributed by atoms with van der Waals surface area (Å²) in [5.41, 5.74) is 4.85. The minimum atomic E-state index is -0.425. The van der Waals surface area contributed by atoms with Crippen LogP contribution in [-0.2, 0) is 0 Å². The first kappa shape index (κ1) is 13.5. The number of nitrogens with zero attached hydrogens (tertiary/aromatic N) is 1. The average Bonchev–Trinajstić information content (AvgIpc) is 2.40. The van der Waals surface area contributed by atoms with Crippen LogP contribution in [0.3, 0.4) is 0 Å². The van der Waals surface area contributed by atoms with E-state index in [2.05, 4.69) is 10.4 Å². The second kappa shape index (κ2) is 5.77. The van der Waals surface area contributed by atoms with Gasteiger partial charge in [-0.3, -0.25) is 10.8 Å². The minimum absolute atomic E-state index is 0.344. The Morgan fingerprint density at radius 3 is 2.74 bits per heavy atom. The van der Waals surface area contributed by atoms with Gasteiger partial charge in [-0.15, -0.1) is 0 Å².